The maximum atomic E-state index is 15.0. The van der Waals surface area contributed by atoms with Crippen molar-refractivity contribution in [3.63, 3.8) is 0 Å². The molecule has 0 radical (unpaired) electrons. The molecule has 2 aromatic rings. The summed E-state index contributed by atoms with van der Waals surface area (Å²) in [5, 5.41) is 10.2. The zero-order valence-corrected chi connectivity index (χ0v) is 18.4. The Hall–Kier alpha value is -4.12. The minimum atomic E-state index is -1.00. The Bertz CT molecular complexity index is 1210. The van der Waals surface area contributed by atoms with Crippen molar-refractivity contribution < 1.29 is 23.5 Å². The molecule has 0 saturated carbocycles. The van der Waals surface area contributed by atoms with Crippen LogP contribution in [-0.2, 0) is 14.3 Å². The molecular formula is C25H22FN3O4. The minimum absolute atomic E-state index is 0.00603. The number of nitrogens with zero attached hydrogens (tertiary/aromatic N) is 3. The number of halogens is 1. The van der Waals surface area contributed by atoms with Gasteiger partial charge in [0.1, 0.15) is 17.3 Å². The van der Waals surface area contributed by atoms with Gasteiger partial charge in [-0.2, -0.15) is 5.26 Å². The van der Waals surface area contributed by atoms with E-state index in [1.165, 1.54) is 17.0 Å². The van der Waals surface area contributed by atoms with Gasteiger partial charge in [0.25, 0.3) is 0 Å². The molecule has 8 heteroatoms. The van der Waals surface area contributed by atoms with Crippen LogP contribution in [0.15, 0.2) is 65.9 Å². The Morgan fingerprint density at radius 3 is 2.48 bits per heavy atom. The zero-order chi connectivity index (χ0) is 23.7. The molecule has 168 valence electrons. The van der Waals surface area contributed by atoms with Gasteiger partial charge in [-0.3, -0.25) is 4.79 Å². The first-order valence-corrected chi connectivity index (χ1v) is 10.4. The first-order chi connectivity index (χ1) is 15.9. The Morgan fingerprint density at radius 2 is 1.88 bits per heavy atom. The zero-order valence-electron chi connectivity index (χ0n) is 18.4. The maximum Gasteiger partial charge on any atom is 0.354 e. The Balaban J connectivity index is 1.98. The van der Waals surface area contributed by atoms with E-state index >= 15 is 4.39 Å². The molecular weight excluding hydrogens is 425 g/mol. The van der Waals surface area contributed by atoms with E-state index in [0.29, 0.717) is 17.0 Å². The van der Waals surface area contributed by atoms with Crippen LogP contribution in [0.25, 0.3) is 5.70 Å². The van der Waals surface area contributed by atoms with Gasteiger partial charge in [-0.15, -0.1) is 0 Å². The number of carbonyl (C=O) groups is 2. The van der Waals surface area contributed by atoms with Gasteiger partial charge >= 0.3 is 5.97 Å². The highest BCUT2D eigenvalue weighted by atomic mass is 19.1. The van der Waals surface area contributed by atoms with Gasteiger partial charge < -0.3 is 19.3 Å². The summed E-state index contributed by atoms with van der Waals surface area (Å²) in [6.07, 6.45) is 0.266. The summed E-state index contributed by atoms with van der Waals surface area (Å²) >= 11 is 0. The van der Waals surface area contributed by atoms with Crippen molar-refractivity contribution in [3.05, 3.63) is 82.8 Å². The monoisotopic (exact) mass is 447 g/mol. The van der Waals surface area contributed by atoms with E-state index in [0.717, 1.165) is 0 Å². The fourth-order valence-electron chi connectivity index (χ4n) is 4.38. The third kappa shape index (κ3) is 3.61. The predicted octanol–water partition coefficient (Wildman–Crippen LogP) is 3.41. The van der Waals surface area contributed by atoms with E-state index < -0.39 is 24.0 Å². The highest BCUT2D eigenvalue weighted by Gasteiger charge is 2.50. The van der Waals surface area contributed by atoms with Crippen LogP contribution in [0.5, 0.6) is 5.75 Å². The van der Waals surface area contributed by atoms with Crippen molar-refractivity contribution >= 4 is 17.4 Å². The SMILES string of the molecule is CCOC(=O)C1=CC(=O)C2N(C)C(c3ccc(OC)cc3)=C(C#N)C(c3ccccc3F)N12. The van der Waals surface area contributed by atoms with Crippen LogP contribution in [0, 0.1) is 17.1 Å². The van der Waals surface area contributed by atoms with Crippen molar-refractivity contribution in [3.8, 4) is 11.8 Å². The highest BCUT2D eigenvalue weighted by molar-refractivity contribution is 6.06. The quantitative estimate of drug-likeness (QED) is 0.650. The normalized spacial score (nSPS) is 19.7. The molecule has 2 heterocycles. The van der Waals surface area contributed by atoms with Crippen LogP contribution in [-0.4, -0.2) is 48.5 Å². The lowest BCUT2D eigenvalue weighted by atomic mass is 9.89. The number of carbonyl (C=O) groups excluding carboxylic acids is 2. The number of rotatable bonds is 5. The molecule has 0 N–H and O–H groups in total. The number of ether oxygens (including phenoxy) is 2. The molecule has 7 nitrogen and oxygen atoms in total. The average Bonchev–Trinajstić information content (AvgIpc) is 3.17. The smallest absolute Gasteiger partial charge is 0.354 e. The van der Waals surface area contributed by atoms with E-state index in [-0.39, 0.29) is 29.2 Å². The lowest BCUT2D eigenvalue weighted by molar-refractivity contribution is -0.141. The van der Waals surface area contributed by atoms with Gasteiger partial charge in [-0.05, 0) is 42.8 Å². The van der Waals surface area contributed by atoms with Crippen molar-refractivity contribution in [1.29, 1.82) is 5.26 Å². The van der Waals surface area contributed by atoms with Gasteiger partial charge in [0, 0.05) is 18.7 Å². The fourth-order valence-corrected chi connectivity index (χ4v) is 4.38. The fraction of sp³-hybridized carbons (Fsp3) is 0.240. The molecule has 4 rings (SSSR count). The molecule has 0 amide bonds. The first kappa shape index (κ1) is 22.1. The average molecular weight is 447 g/mol. The topological polar surface area (TPSA) is 82.9 Å². The number of benzene rings is 2. The number of hydrogen-bond acceptors (Lipinski definition) is 7. The molecule has 0 saturated heterocycles. The summed E-state index contributed by atoms with van der Waals surface area (Å²) in [5.74, 6) is -0.972. The lowest BCUT2D eigenvalue weighted by Gasteiger charge is -2.46. The second-order valence-electron chi connectivity index (χ2n) is 7.57. The Kier molecular flexibility index (Phi) is 5.88. The van der Waals surface area contributed by atoms with Crippen molar-refractivity contribution in [2.75, 3.05) is 20.8 Å². The third-order valence-corrected chi connectivity index (χ3v) is 5.77. The van der Waals surface area contributed by atoms with Crippen molar-refractivity contribution in [2.24, 2.45) is 0 Å². The van der Waals surface area contributed by atoms with E-state index in [4.69, 9.17) is 9.47 Å². The second kappa shape index (κ2) is 8.79. The minimum Gasteiger partial charge on any atom is -0.497 e. The maximum absolute atomic E-state index is 15.0. The molecule has 2 aromatic carbocycles. The molecule has 0 aliphatic carbocycles. The molecule has 2 unspecified atom stereocenters. The summed E-state index contributed by atoms with van der Waals surface area (Å²) < 4.78 is 25.4. The number of esters is 1. The molecule has 0 aromatic heterocycles. The lowest BCUT2D eigenvalue weighted by Crippen LogP contribution is -2.52. The van der Waals surface area contributed by atoms with E-state index in [2.05, 4.69) is 6.07 Å². The summed E-state index contributed by atoms with van der Waals surface area (Å²) in [4.78, 5) is 28.9. The summed E-state index contributed by atoms with van der Waals surface area (Å²) in [5.41, 5.74) is 1.51. The van der Waals surface area contributed by atoms with Crippen LogP contribution in [0.2, 0.25) is 0 Å². The largest absolute Gasteiger partial charge is 0.497 e. The van der Waals surface area contributed by atoms with Crippen LogP contribution < -0.4 is 4.74 Å². The third-order valence-electron chi connectivity index (χ3n) is 5.77. The van der Waals surface area contributed by atoms with Gasteiger partial charge in [-0.25, -0.2) is 9.18 Å². The van der Waals surface area contributed by atoms with Crippen LogP contribution in [0.4, 0.5) is 4.39 Å². The van der Waals surface area contributed by atoms with E-state index in [9.17, 15) is 14.9 Å². The van der Waals surface area contributed by atoms with Crippen LogP contribution in [0.3, 0.4) is 0 Å². The number of hydrogen-bond donors (Lipinski definition) is 0. The van der Waals surface area contributed by atoms with Crippen molar-refractivity contribution in [2.45, 2.75) is 19.1 Å². The van der Waals surface area contributed by atoms with Gasteiger partial charge in [0.05, 0.1) is 37.1 Å². The Labute approximate surface area is 190 Å². The standard InChI is InChI=1S/C25H22FN3O4/c1-4-33-25(31)20-13-21(30)24-28(2)22(15-9-11-16(32-3)12-10-15)18(14-27)23(29(20)24)17-7-5-6-8-19(17)26/h5-13,23-24H,4H2,1-3H3. The van der Waals surface area contributed by atoms with Gasteiger partial charge in [0.2, 0.25) is 5.78 Å². The molecule has 33 heavy (non-hydrogen) atoms. The molecule has 2 aliphatic heterocycles. The van der Waals surface area contributed by atoms with Crippen LogP contribution in [0.1, 0.15) is 24.1 Å². The van der Waals surface area contributed by atoms with Crippen LogP contribution >= 0.6 is 0 Å². The van der Waals surface area contributed by atoms with Gasteiger partial charge in [-0.1, -0.05) is 18.2 Å². The highest BCUT2D eigenvalue weighted by Crippen LogP contribution is 2.47. The number of likely N-dealkylation sites (N-methyl/N-ethyl adjacent to an activating group) is 1. The molecule has 0 bridgehead atoms. The predicted molar refractivity (Wildman–Crippen MR) is 118 cm³/mol. The number of methoxy groups -OCH3 is 1. The summed E-state index contributed by atoms with van der Waals surface area (Å²) in [7, 11) is 3.22. The summed E-state index contributed by atoms with van der Waals surface area (Å²) in [6, 6.07) is 14.3. The van der Waals surface area contributed by atoms with Gasteiger partial charge in [0.15, 0.2) is 6.17 Å². The summed E-state index contributed by atoms with van der Waals surface area (Å²) in [6.45, 7) is 1.77. The number of fused-ring (bicyclic) bond motifs is 1. The molecule has 2 atom stereocenters. The number of ketones is 1. The number of nitriles is 1. The molecule has 2 aliphatic rings. The molecule has 0 spiro atoms. The molecule has 0 fully saturated rings. The Morgan fingerprint density at radius 1 is 1.18 bits per heavy atom. The van der Waals surface area contributed by atoms with E-state index in [1.54, 1.807) is 68.4 Å². The first-order valence-electron chi connectivity index (χ1n) is 10.4. The van der Waals surface area contributed by atoms with E-state index in [1.807, 2.05) is 0 Å². The van der Waals surface area contributed by atoms with Crippen molar-refractivity contribution in [1.82, 2.24) is 9.80 Å². The second-order valence-corrected chi connectivity index (χ2v) is 7.57.